The van der Waals surface area contributed by atoms with Gasteiger partial charge in [-0.1, -0.05) is 12.1 Å². The zero-order valence-electron chi connectivity index (χ0n) is 11.3. The van der Waals surface area contributed by atoms with Crippen molar-refractivity contribution in [2.45, 2.75) is 13.5 Å². The zero-order valence-corrected chi connectivity index (χ0v) is 11.3. The molecule has 4 nitrogen and oxygen atoms in total. The predicted octanol–water partition coefficient (Wildman–Crippen LogP) is 3.43. The van der Waals surface area contributed by atoms with E-state index < -0.39 is 29.2 Å². The van der Waals surface area contributed by atoms with Crippen molar-refractivity contribution >= 4 is 16.7 Å². The second kappa shape index (κ2) is 5.28. The summed E-state index contributed by atoms with van der Waals surface area (Å²) in [6.45, 7) is 1.73. The minimum absolute atomic E-state index is 0.134. The first-order valence-corrected chi connectivity index (χ1v) is 6.35. The Labute approximate surface area is 122 Å². The van der Waals surface area contributed by atoms with Gasteiger partial charge in [-0.25, -0.2) is 4.98 Å². The number of imidazole rings is 1. The molecule has 1 aromatic carbocycles. The normalized spacial score (nSPS) is 11.1. The van der Waals surface area contributed by atoms with E-state index in [1.165, 1.54) is 0 Å². The molecule has 0 amide bonds. The topological polar surface area (TPSA) is 53.6 Å². The molecule has 0 radical (unpaired) electrons. The van der Waals surface area contributed by atoms with E-state index in [0.29, 0.717) is 11.3 Å². The summed E-state index contributed by atoms with van der Waals surface area (Å²) in [6, 6.07) is 5.50. The van der Waals surface area contributed by atoms with Crippen molar-refractivity contribution in [2.75, 3.05) is 5.32 Å². The van der Waals surface area contributed by atoms with Gasteiger partial charge in [-0.15, -0.1) is 0 Å². The molecule has 0 aliphatic rings. The van der Waals surface area contributed by atoms with Gasteiger partial charge in [0.1, 0.15) is 11.5 Å². The molecule has 22 heavy (non-hydrogen) atoms. The van der Waals surface area contributed by atoms with Crippen LogP contribution < -0.4 is 5.32 Å². The molecule has 8 heteroatoms. The predicted molar refractivity (Wildman–Crippen MR) is 72.2 cm³/mol. The summed E-state index contributed by atoms with van der Waals surface area (Å²) < 4.78 is 53.0. The van der Waals surface area contributed by atoms with Crippen LogP contribution in [0.3, 0.4) is 0 Å². The Balaban J connectivity index is 1.90. The van der Waals surface area contributed by atoms with Crippen LogP contribution in [0.1, 0.15) is 11.4 Å². The molecular formula is C14H10F4N4. The highest BCUT2D eigenvalue weighted by Gasteiger charge is 2.20. The number of fused-ring (bicyclic) bond motifs is 1. The van der Waals surface area contributed by atoms with Gasteiger partial charge in [0, 0.05) is 0 Å². The van der Waals surface area contributed by atoms with Gasteiger partial charge in [0.2, 0.25) is 11.6 Å². The van der Waals surface area contributed by atoms with Gasteiger partial charge in [0.05, 0.1) is 17.6 Å². The molecular weight excluding hydrogens is 300 g/mol. The lowest BCUT2D eigenvalue weighted by Crippen LogP contribution is -2.10. The maximum absolute atomic E-state index is 13.5. The maximum Gasteiger partial charge on any atom is 0.253 e. The summed E-state index contributed by atoms with van der Waals surface area (Å²) in [5.41, 5.74) is 1.48. The van der Waals surface area contributed by atoms with Crippen molar-refractivity contribution in [3.63, 3.8) is 0 Å². The molecule has 114 valence electrons. The van der Waals surface area contributed by atoms with Gasteiger partial charge in [0.15, 0.2) is 0 Å². The number of halogens is 4. The lowest BCUT2D eigenvalue weighted by atomic mass is 10.2. The number of nitrogens with zero attached hydrogens (tertiary/aromatic N) is 2. The summed E-state index contributed by atoms with van der Waals surface area (Å²) in [4.78, 5) is 9.71. The number of nitrogens with one attached hydrogen (secondary N) is 2. The summed E-state index contributed by atoms with van der Waals surface area (Å²) >= 11 is 0. The van der Waals surface area contributed by atoms with Gasteiger partial charge in [-0.3, -0.25) is 0 Å². The molecule has 3 rings (SSSR count). The van der Waals surface area contributed by atoms with E-state index in [9.17, 15) is 17.6 Å². The largest absolute Gasteiger partial charge is 0.373 e. The third-order valence-electron chi connectivity index (χ3n) is 3.19. The molecule has 0 fully saturated rings. The fourth-order valence-electron chi connectivity index (χ4n) is 2.12. The number of benzene rings is 1. The molecule has 0 spiro atoms. The SMILES string of the molecule is Cc1cccc2[nH]c(CNc3c(F)c(F)nc(F)c3F)nc12. The van der Waals surface area contributed by atoms with Crippen molar-refractivity contribution in [1.82, 2.24) is 15.0 Å². The van der Waals surface area contributed by atoms with Gasteiger partial charge in [0.25, 0.3) is 11.9 Å². The van der Waals surface area contributed by atoms with Gasteiger partial charge < -0.3 is 10.3 Å². The number of para-hydroxylation sites is 1. The molecule has 2 heterocycles. The van der Waals surface area contributed by atoms with Crippen molar-refractivity contribution in [3.8, 4) is 0 Å². The van der Waals surface area contributed by atoms with Crippen LogP contribution in [0, 0.1) is 30.5 Å². The average molecular weight is 310 g/mol. The van der Waals surface area contributed by atoms with Gasteiger partial charge in [-0.05, 0) is 18.6 Å². The van der Waals surface area contributed by atoms with E-state index in [4.69, 9.17) is 0 Å². The molecule has 0 saturated carbocycles. The fourth-order valence-corrected chi connectivity index (χ4v) is 2.12. The molecule has 0 atom stereocenters. The zero-order chi connectivity index (χ0) is 15.9. The van der Waals surface area contributed by atoms with Crippen molar-refractivity contribution < 1.29 is 17.6 Å². The Morgan fingerprint density at radius 2 is 1.73 bits per heavy atom. The van der Waals surface area contributed by atoms with Crippen LogP contribution >= 0.6 is 0 Å². The third-order valence-corrected chi connectivity index (χ3v) is 3.19. The smallest absolute Gasteiger partial charge is 0.253 e. The van der Waals surface area contributed by atoms with Crippen molar-refractivity contribution in [2.24, 2.45) is 0 Å². The Bertz CT molecular complexity index is 833. The van der Waals surface area contributed by atoms with E-state index in [-0.39, 0.29) is 6.54 Å². The number of aromatic nitrogens is 3. The number of rotatable bonds is 3. The number of aryl methyl sites for hydroxylation is 1. The van der Waals surface area contributed by atoms with Gasteiger partial charge in [-0.2, -0.15) is 22.5 Å². The summed E-state index contributed by atoms with van der Waals surface area (Å²) in [7, 11) is 0. The summed E-state index contributed by atoms with van der Waals surface area (Å²) in [5, 5.41) is 2.30. The Kier molecular flexibility index (Phi) is 3.44. The molecule has 2 aromatic heterocycles. The highest BCUT2D eigenvalue weighted by Crippen LogP contribution is 2.23. The average Bonchev–Trinajstić information content (AvgIpc) is 2.90. The highest BCUT2D eigenvalue weighted by molar-refractivity contribution is 5.78. The number of aromatic amines is 1. The lowest BCUT2D eigenvalue weighted by molar-refractivity contribution is 0.410. The van der Waals surface area contributed by atoms with E-state index in [0.717, 1.165) is 11.1 Å². The summed E-state index contributed by atoms with van der Waals surface area (Å²) in [5.74, 6) is -6.19. The Morgan fingerprint density at radius 1 is 1.05 bits per heavy atom. The fraction of sp³-hybridized carbons (Fsp3) is 0.143. The number of H-pyrrole nitrogens is 1. The molecule has 0 unspecified atom stereocenters. The first-order chi connectivity index (χ1) is 10.5. The van der Waals surface area contributed by atoms with Crippen LogP contribution in [0.4, 0.5) is 23.2 Å². The number of hydrogen-bond donors (Lipinski definition) is 2. The lowest BCUT2D eigenvalue weighted by Gasteiger charge is -2.07. The van der Waals surface area contributed by atoms with Crippen LogP contribution in [0.2, 0.25) is 0 Å². The Hall–Kier alpha value is -2.64. The Morgan fingerprint density at radius 3 is 2.36 bits per heavy atom. The standard InChI is InChI=1S/C14H10F4N4/c1-6-3-2-4-7-11(6)21-8(20-7)5-19-12-9(15)13(17)22-14(18)10(12)16/h2-4H,5H2,1H3,(H,19,22)(H,20,21). The monoisotopic (exact) mass is 310 g/mol. The van der Waals surface area contributed by atoms with Crippen molar-refractivity contribution in [3.05, 3.63) is 53.1 Å². The number of hydrogen-bond acceptors (Lipinski definition) is 3. The van der Waals surface area contributed by atoms with Crippen LogP contribution in [-0.4, -0.2) is 15.0 Å². The molecule has 2 N–H and O–H groups in total. The second-order valence-electron chi connectivity index (χ2n) is 4.70. The third kappa shape index (κ3) is 2.36. The summed E-state index contributed by atoms with van der Waals surface area (Å²) in [6.07, 6.45) is 0. The molecule has 3 aromatic rings. The quantitative estimate of drug-likeness (QED) is 0.575. The first-order valence-electron chi connectivity index (χ1n) is 6.35. The minimum atomic E-state index is -1.71. The highest BCUT2D eigenvalue weighted by atomic mass is 19.2. The van der Waals surface area contributed by atoms with Crippen LogP contribution in [0.25, 0.3) is 11.0 Å². The van der Waals surface area contributed by atoms with E-state index in [1.807, 2.05) is 19.1 Å². The second-order valence-corrected chi connectivity index (χ2v) is 4.70. The van der Waals surface area contributed by atoms with Crippen LogP contribution in [-0.2, 0) is 6.54 Å². The minimum Gasteiger partial charge on any atom is -0.373 e. The first kappa shape index (κ1) is 14.3. The molecule has 0 aliphatic heterocycles. The maximum atomic E-state index is 13.5. The van der Waals surface area contributed by atoms with E-state index in [1.54, 1.807) is 6.07 Å². The number of anilines is 1. The number of pyridine rings is 1. The van der Waals surface area contributed by atoms with Gasteiger partial charge >= 0.3 is 0 Å². The van der Waals surface area contributed by atoms with Crippen LogP contribution in [0.15, 0.2) is 18.2 Å². The van der Waals surface area contributed by atoms with Crippen molar-refractivity contribution in [1.29, 1.82) is 0 Å². The van der Waals surface area contributed by atoms with Crippen LogP contribution in [0.5, 0.6) is 0 Å². The molecule has 0 bridgehead atoms. The molecule has 0 aliphatic carbocycles. The molecule has 0 saturated heterocycles. The van der Waals surface area contributed by atoms with E-state index in [2.05, 4.69) is 20.3 Å². The van der Waals surface area contributed by atoms with E-state index >= 15 is 0 Å².